The summed E-state index contributed by atoms with van der Waals surface area (Å²) >= 11 is 5.36. The molecule has 7 heteroatoms. The summed E-state index contributed by atoms with van der Waals surface area (Å²) in [5.41, 5.74) is 2.02. The number of nitrogens with zero attached hydrogens (tertiary/aromatic N) is 3. The molecule has 0 spiro atoms. The first-order valence-corrected chi connectivity index (χ1v) is 9.52. The number of H-pyrrole nitrogens is 1. The van der Waals surface area contributed by atoms with Gasteiger partial charge < -0.3 is 9.64 Å². The van der Waals surface area contributed by atoms with Crippen LogP contribution in [0.3, 0.4) is 0 Å². The highest BCUT2D eigenvalue weighted by molar-refractivity contribution is 7.71. The molecule has 0 bridgehead atoms. The zero-order valence-electron chi connectivity index (χ0n) is 16.3. The van der Waals surface area contributed by atoms with Gasteiger partial charge in [0, 0.05) is 25.6 Å². The van der Waals surface area contributed by atoms with Crippen LogP contribution < -0.4 is 4.74 Å². The van der Waals surface area contributed by atoms with Gasteiger partial charge in [-0.25, -0.2) is 0 Å². The Balaban J connectivity index is 1.71. The highest BCUT2D eigenvalue weighted by Gasteiger charge is 2.18. The number of hydrogen-bond acceptors (Lipinski definition) is 4. The molecule has 1 heterocycles. The molecule has 0 aliphatic rings. The van der Waals surface area contributed by atoms with E-state index in [-0.39, 0.29) is 11.9 Å². The number of hydrogen-bond donors (Lipinski definition) is 1. The summed E-state index contributed by atoms with van der Waals surface area (Å²) in [5.74, 6) is 1.54. The van der Waals surface area contributed by atoms with Gasteiger partial charge in [0.1, 0.15) is 5.75 Å². The topological polar surface area (TPSA) is 63.1 Å². The van der Waals surface area contributed by atoms with Crippen LogP contribution in [0.2, 0.25) is 0 Å². The van der Waals surface area contributed by atoms with E-state index in [2.05, 4.69) is 10.2 Å². The van der Waals surface area contributed by atoms with E-state index in [0.717, 1.165) is 16.9 Å². The second-order valence-corrected chi connectivity index (χ2v) is 6.96. The van der Waals surface area contributed by atoms with Crippen LogP contribution in [-0.4, -0.2) is 39.7 Å². The fourth-order valence-electron chi connectivity index (χ4n) is 3.04. The molecule has 0 unspecified atom stereocenters. The second-order valence-electron chi connectivity index (χ2n) is 6.57. The molecule has 3 aromatic rings. The van der Waals surface area contributed by atoms with E-state index in [1.54, 1.807) is 12.0 Å². The molecule has 0 aliphatic heterocycles. The van der Waals surface area contributed by atoms with Crippen molar-refractivity contribution in [3.8, 4) is 17.1 Å². The van der Waals surface area contributed by atoms with Gasteiger partial charge >= 0.3 is 0 Å². The van der Waals surface area contributed by atoms with E-state index >= 15 is 0 Å². The van der Waals surface area contributed by atoms with E-state index in [4.69, 9.17) is 17.0 Å². The predicted octanol–water partition coefficient (Wildman–Crippen LogP) is 4.23. The minimum Gasteiger partial charge on any atom is -0.497 e. The van der Waals surface area contributed by atoms with Gasteiger partial charge in [0.15, 0.2) is 10.6 Å². The normalized spacial score (nSPS) is 11.8. The molecule has 0 radical (unpaired) electrons. The number of carbonyl (C=O) groups excluding carboxylic acids is 1. The van der Waals surface area contributed by atoms with Crippen LogP contribution in [-0.2, 0) is 11.3 Å². The Labute approximate surface area is 169 Å². The number of ether oxygens (including phenoxy) is 1. The number of rotatable bonds is 7. The van der Waals surface area contributed by atoms with E-state index < -0.39 is 0 Å². The molecule has 0 aliphatic carbocycles. The lowest BCUT2D eigenvalue weighted by molar-refractivity contribution is -0.132. The van der Waals surface area contributed by atoms with E-state index in [1.807, 2.05) is 73.1 Å². The maximum absolute atomic E-state index is 12.7. The molecule has 1 aromatic heterocycles. The van der Waals surface area contributed by atoms with Crippen molar-refractivity contribution >= 4 is 18.1 Å². The van der Waals surface area contributed by atoms with E-state index in [0.29, 0.717) is 23.6 Å². The van der Waals surface area contributed by atoms with Crippen molar-refractivity contribution in [3.05, 3.63) is 64.9 Å². The lowest BCUT2D eigenvalue weighted by atomic mass is 10.1. The Morgan fingerprint density at radius 2 is 1.89 bits per heavy atom. The van der Waals surface area contributed by atoms with E-state index in [9.17, 15) is 4.79 Å². The molecule has 3 rings (SSSR count). The lowest BCUT2D eigenvalue weighted by Gasteiger charge is -2.25. The Kier molecular flexibility index (Phi) is 6.26. The van der Waals surface area contributed by atoms with Crippen molar-refractivity contribution in [1.82, 2.24) is 19.7 Å². The van der Waals surface area contributed by atoms with Gasteiger partial charge in [-0.1, -0.05) is 30.3 Å². The van der Waals surface area contributed by atoms with Crippen LogP contribution in [0, 0.1) is 4.77 Å². The number of methoxy groups -OCH3 is 1. The number of amides is 1. The van der Waals surface area contributed by atoms with Crippen LogP contribution in [0.4, 0.5) is 0 Å². The first-order chi connectivity index (χ1) is 13.5. The summed E-state index contributed by atoms with van der Waals surface area (Å²) in [5, 5.41) is 7.15. The summed E-state index contributed by atoms with van der Waals surface area (Å²) in [6.07, 6.45) is 0.338. The van der Waals surface area contributed by atoms with Crippen molar-refractivity contribution < 1.29 is 9.53 Å². The van der Waals surface area contributed by atoms with Crippen LogP contribution in [0.5, 0.6) is 5.75 Å². The van der Waals surface area contributed by atoms with Crippen molar-refractivity contribution in [2.75, 3.05) is 14.2 Å². The standard InChI is InChI=1S/C21H24N4O2S/c1-15(16-7-5-4-6-8-16)24(2)19(26)13-14-25-20(22-23-21(25)28)17-9-11-18(27-3)12-10-17/h4-12,15H,13-14H2,1-3H3,(H,23,28)/t15-/m0/s1. The average Bonchev–Trinajstić information content (AvgIpc) is 3.11. The quantitative estimate of drug-likeness (QED) is 0.607. The number of aromatic nitrogens is 3. The Bertz CT molecular complexity index is 980. The van der Waals surface area contributed by atoms with Crippen molar-refractivity contribution in [1.29, 1.82) is 0 Å². The maximum Gasteiger partial charge on any atom is 0.224 e. The number of benzene rings is 2. The molecule has 146 valence electrons. The van der Waals surface area contributed by atoms with Crippen molar-refractivity contribution in [2.24, 2.45) is 0 Å². The first kappa shape index (κ1) is 19.8. The molecule has 1 atom stereocenters. The summed E-state index contributed by atoms with van der Waals surface area (Å²) in [4.78, 5) is 14.5. The minimum atomic E-state index is 0.00656. The smallest absolute Gasteiger partial charge is 0.224 e. The Morgan fingerprint density at radius 3 is 2.54 bits per heavy atom. The number of aromatic amines is 1. The third-order valence-electron chi connectivity index (χ3n) is 4.91. The first-order valence-electron chi connectivity index (χ1n) is 9.11. The van der Waals surface area contributed by atoms with Gasteiger partial charge in [-0.05, 0) is 49.0 Å². The number of carbonyl (C=O) groups is 1. The zero-order chi connectivity index (χ0) is 20.1. The Hall–Kier alpha value is -2.93. The SMILES string of the molecule is COc1ccc(-c2n[nH]c(=S)n2CCC(=O)N(C)[C@@H](C)c2ccccc2)cc1. The second kappa shape index (κ2) is 8.84. The molecule has 1 amide bonds. The predicted molar refractivity (Wildman–Crippen MR) is 112 cm³/mol. The molecule has 0 saturated carbocycles. The molecular weight excluding hydrogens is 372 g/mol. The van der Waals surface area contributed by atoms with E-state index in [1.165, 1.54) is 0 Å². The molecule has 2 aromatic carbocycles. The monoisotopic (exact) mass is 396 g/mol. The van der Waals surface area contributed by atoms with Gasteiger partial charge in [-0.2, -0.15) is 5.10 Å². The highest BCUT2D eigenvalue weighted by Crippen LogP contribution is 2.22. The van der Waals surface area contributed by atoms with Crippen LogP contribution in [0.15, 0.2) is 54.6 Å². The van der Waals surface area contributed by atoms with Gasteiger partial charge in [-0.3, -0.25) is 14.5 Å². The Morgan fingerprint density at radius 1 is 1.21 bits per heavy atom. The van der Waals surface area contributed by atoms with Crippen LogP contribution >= 0.6 is 12.2 Å². The highest BCUT2D eigenvalue weighted by atomic mass is 32.1. The zero-order valence-corrected chi connectivity index (χ0v) is 17.1. The summed E-state index contributed by atoms with van der Waals surface area (Å²) < 4.78 is 7.55. The fourth-order valence-corrected chi connectivity index (χ4v) is 3.26. The average molecular weight is 397 g/mol. The van der Waals surface area contributed by atoms with Gasteiger partial charge in [0.2, 0.25) is 5.91 Å². The molecule has 6 nitrogen and oxygen atoms in total. The van der Waals surface area contributed by atoms with Gasteiger partial charge in [-0.15, -0.1) is 0 Å². The largest absolute Gasteiger partial charge is 0.497 e. The fraction of sp³-hybridized carbons (Fsp3) is 0.286. The van der Waals surface area contributed by atoms with Crippen molar-refractivity contribution in [2.45, 2.75) is 25.9 Å². The molecule has 28 heavy (non-hydrogen) atoms. The molecular formula is C21H24N4O2S. The third kappa shape index (κ3) is 4.31. The van der Waals surface area contributed by atoms with Crippen molar-refractivity contribution in [3.63, 3.8) is 0 Å². The van der Waals surface area contributed by atoms with Gasteiger partial charge in [0.25, 0.3) is 0 Å². The maximum atomic E-state index is 12.7. The molecule has 1 N–H and O–H groups in total. The summed E-state index contributed by atoms with van der Waals surface area (Å²) in [6, 6.07) is 17.6. The van der Waals surface area contributed by atoms with Gasteiger partial charge in [0.05, 0.1) is 13.2 Å². The summed E-state index contributed by atoms with van der Waals surface area (Å²) in [6.45, 7) is 2.49. The molecule has 0 fully saturated rings. The third-order valence-corrected chi connectivity index (χ3v) is 5.22. The van der Waals surface area contributed by atoms with Crippen LogP contribution in [0.25, 0.3) is 11.4 Å². The minimum absolute atomic E-state index is 0.00656. The van der Waals surface area contributed by atoms with Crippen LogP contribution in [0.1, 0.15) is 24.9 Å². The summed E-state index contributed by atoms with van der Waals surface area (Å²) in [7, 11) is 3.46. The number of nitrogens with one attached hydrogen (secondary N) is 1. The lowest BCUT2D eigenvalue weighted by Crippen LogP contribution is -2.30. The molecule has 0 saturated heterocycles.